The number of carbonyl (C=O) groups is 1. The van der Waals surface area contributed by atoms with Crippen LogP contribution >= 0.6 is 11.6 Å². The molecular weight excluding hydrogens is 312 g/mol. The fourth-order valence-electron chi connectivity index (χ4n) is 2.32. The van der Waals surface area contributed by atoms with Crippen LogP contribution in [-0.2, 0) is 0 Å². The van der Waals surface area contributed by atoms with Crippen molar-refractivity contribution < 1.29 is 9.53 Å². The van der Waals surface area contributed by atoms with Gasteiger partial charge in [-0.05, 0) is 36.1 Å². The van der Waals surface area contributed by atoms with Gasteiger partial charge in [-0.1, -0.05) is 43.6 Å². The first kappa shape index (κ1) is 17.2. The van der Waals surface area contributed by atoms with E-state index >= 15 is 0 Å². The molecule has 23 heavy (non-hydrogen) atoms. The molecule has 2 aromatic rings. The van der Waals surface area contributed by atoms with Crippen molar-refractivity contribution in [3.05, 3.63) is 52.5 Å². The van der Waals surface area contributed by atoms with Gasteiger partial charge < -0.3 is 15.4 Å². The zero-order valence-corrected chi connectivity index (χ0v) is 14.5. The number of benzene rings is 2. The Labute approximate surface area is 141 Å². The number of rotatable bonds is 4. The second-order valence-corrected chi connectivity index (χ2v) is 6.03. The summed E-state index contributed by atoms with van der Waals surface area (Å²) in [6, 6.07) is 10.9. The Morgan fingerprint density at radius 1 is 1.13 bits per heavy atom. The van der Waals surface area contributed by atoms with Crippen molar-refractivity contribution in [3.63, 3.8) is 0 Å². The minimum absolute atomic E-state index is 0.318. The summed E-state index contributed by atoms with van der Waals surface area (Å²) in [7, 11) is 1.54. The molecule has 5 heteroatoms. The first-order valence-electron chi connectivity index (χ1n) is 7.43. The third-order valence-corrected chi connectivity index (χ3v) is 3.97. The van der Waals surface area contributed by atoms with Crippen molar-refractivity contribution in [1.29, 1.82) is 0 Å². The topological polar surface area (TPSA) is 50.4 Å². The highest BCUT2D eigenvalue weighted by Crippen LogP contribution is 2.31. The van der Waals surface area contributed by atoms with Crippen LogP contribution in [0.1, 0.15) is 30.9 Å². The molecule has 0 aliphatic carbocycles. The summed E-state index contributed by atoms with van der Waals surface area (Å²) in [5.74, 6) is 0.840. The number of para-hydroxylation sites is 1. The summed E-state index contributed by atoms with van der Waals surface area (Å²) in [5.41, 5.74) is 3.32. The third kappa shape index (κ3) is 4.17. The lowest BCUT2D eigenvalue weighted by Crippen LogP contribution is -2.21. The molecule has 0 saturated carbocycles. The molecule has 0 aliphatic heterocycles. The van der Waals surface area contributed by atoms with E-state index in [2.05, 4.69) is 24.5 Å². The van der Waals surface area contributed by atoms with E-state index in [1.165, 1.54) is 7.11 Å². The smallest absolute Gasteiger partial charge is 0.323 e. The number of hydrogen-bond donors (Lipinski definition) is 2. The van der Waals surface area contributed by atoms with E-state index < -0.39 is 0 Å². The standard InChI is InChI=1S/C18H21ClN2O2/c1-11(2)13-7-5-6-8-15(13)20-18(22)21-16-9-12(3)14(19)10-17(16)23-4/h5-11H,1-4H3,(H2,20,21,22). The van der Waals surface area contributed by atoms with Crippen molar-refractivity contribution in [2.75, 3.05) is 17.7 Å². The predicted octanol–water partition coefficient (Wildman–Crippen LogP) is 5.42. The SMILES string of the molecule is COc1cc(Cl)c(C)cc1NC(=O)Nc1ccccc1C(C)C. The summed E-state index contributed by atoms with van der Waals surface area (Å²) in [6.07, 6.45) is 0. The minimum atomic E-state index is -0.321. The van der Waals surface area contributed by atoms with Gasteiger partial charge in [-0.15, -0.1) is 0 Å². The van der Waals surface area contributed by atoms with Crippen LogP contribution in [0.4, 0.5) is 16.2 Å². The molecule has 2 amide bonds. The van der Waals surface area contributed by atoms with E-state index in [1.807, 2.05) is 31.2 Å². The van der Waals surface area contributed by atoms with Crippen LogP contribution in [0.25, 0.3) is 0 Å². The van der Waals surface area contributed by atoms with Gasteiger partial charge in [-0.25, -0.2) is 4.79 Å². The second kappa shape index (κ2) is 7.38. The van der Waals surface area contributed by atoms with Crippen molar-refractivity contribution in [2.45, 2.75) is 26.7 Å². The predicted molar refractivity (Wildman–Crippen MR) is 95.9 cm³/mol. The van der Waals surface area contributed by atoms with Gasteiger partial charge in [0.05, 0.1) is 12.8 Å². The number of nitrogens with one attached hydrogen (secondary N) is 2. The number of halogens is 1. The maximum atomic E-state index is 12.3. The Balaban J connectivity index is 2.19. The summed E-state index contributed by atoms with van der Waals surface area (Å²) in [4.78, 5) is 12.3. The fourth-order valence-corrected chi connectivity index (χ4v) is 2.47. The Hall–Kier alpha value is -2.20. The molecule has 0 atom stereocenters. The summed E-state index contributed by atoms with van der Waals surface area (Å²) >= 11 is 6.08. The number of hydrogen-bond acceptors (Lipinski definition) is 2. The van der Waals surface area contributed by atoms with E-state index in [0.717, 1.165) is 16.8 Å². The van der Waals surface area contributed by atoms with Gasteiger partial charge in [0.25, 0.3) is 0 Å². The minimum Gasteiger partial charge on any atom is -0.495 e. The van der Waals surface area contributed by atoms with Crippen molar-refractivity contribution in [1.82, 2.24) is 0 Å². The highest BCUT2D eigenvalue weighted by atomic mass is 35.5. The van der Waals surface area contributed by atoms with Crippen LogP contribution in [-0.4, -0.2) is 13.1 Å². The molecule has 0 fully saturated rings. The molecule has 2 rings (SSSR count). The van der Waals surface area contributed by atoms with Crippen LogP contribution < -0.4 is 15.4 Å². The molecule has 0 spiro atoms. The maximum Gasteiger partial charge on any atom is 0.323 e. The number of anilines is 2. The van der Waals surface area contributed by atoms with Crippen molar-refractivity contribution in [2.24, 2.45) is 0 Å². The first-order chi connectivity index (χ1) is 10.9. The maximum absolute atomic E-state index is 12.3. The van der Waals surface area contributed by atoms with Gasteiger partial charge >= 0.3 is 6.03 Å². The zero-order chi connectivity index (χ0) is 17.0. The van der Waals surface area contributed by atoms with Crippen LogP contribution in [0.2, 0.25) is 5.02 Å². The lowest BCUT2D eigenvalue weighted by atomic mass is 10.0. The Bertz CT molecular complexity index is 714. The summed E-state index contributed by atoms with van der Waals surface area (Å²) in [6.45, 7) is 6.05. The molecule has 2 aromatic carbocycles. The zero-order valence-electron chi connectivity index (χ0n) is 13.7. The molecule has 0 unspecified atom stereocenters. The lowest BCUT2D eigenvalue weighted by molar-refractivity contribution is 0.262. The third-order valence-electron chi connectivity index (χ3n) is 3.56. The van der Waals surface area contributed by atoms with Gasteiger partial charge in [0.15, 0.2) is 0 Å². The average molecular weight is 333 g/mol. The molecule has 122 valence electrons. The van der Waals surface area contributed by atoms with Crippen LogP contribution in [0.15, 0.2) is 36.4 Å². The highest BCUT2D eigenvalue weighted by molar-refractivity contribution is 6.31. The van der Waals surface area contributed by atoms with Gasteiger partial charge in [0.1, 0.15) is 5.75 Å². The summed E-state index contributed by atoms with van der Waals surface area (Å²) < 4.78 is 5.27. The molecular formula is C18H21ClN2O2. The average Bonchev–Trinajstić information content (AvgIpc) is 2.50. The normalized spacial score (nSPS) is 10.5. The summed E-state index contributed by atoms with van der Waals surface area (Å²) in [5, 5.41) is 6.29. The molecule has 0 bridgehead atoms. The van der Waals surface area contributed by atoms with Crippen molar-refractivity contribution >= 4 is 29.0 Å². The molecule has 2 N–H and O–H groups in total. The Morgan fingerprint density at radius 3 is 2.43 bits per heavy atom. The van der Waals surface area contributed by atoms with Gasteiger partial charge in [0, 0.05) is 16.8 Å². The van der Waals surface area contributed by atoms with Gasteiger partial charge in [-0.3, -0.25) is 0 Å². The van der Waals surface area contributed by atoms with E-state index in [-0.39, 0.29) is 6.03 Å². The van der Waals surface area contributed by atoms with Crippen LogP contribution in [0.3, 0.4) is 0 Å². The molecule has 0 saturated heterocycles. The van der Waals surface area contributed by atoms with Crippen molar-refractivity contribution in [3.8, 4) is 5.75 Å². The molecule has 0 radical (unpaired) electrons. The number of aryl methyl sites for hydroxylation is 1. The van der Waals surface area contributed by atoms with E-state index in [0.29, 0.717) is 22.4 Å². The lowest BCUT2D eigenvalue weighted by Gasteiger charge is -2.16. The first-order valence-corrected chi connectivity index (χ1v) is 7.81. The second-order valence-electron chi connectivity index (χ2n) is 5.62. The van der Waals surface area contributed by atoms with E-state index in [4.69, 9.17) is 16.3 Å². The Morgan fingerprint density at radius 2 is 1.78 bits per heavy atom. The fraction of sp³-hybridized carbons (Fsp3) is 0.278. The number of methoxy groups -OCH3 is 1. The van der Waals surface area contributed by atoms with Gasteiger partial charge in [0.2, 0.25) is 0 Å². The monoisotopic (exact) mass is 332 g/mol. The molecule has 4 nitrogen and oxygen atoms in total. The number of ether oxygens (including phenoxy) is 1. The van der Waals surface area contributed by atoms with E-state index in [9.17, 15) is 4.79 Å². The van der Waals surface area contributed by atoms with Gasteiger partial charge in [-0.2, -0.15) is 0 Å². The number of urea groups is 1. The van der Waals surface area contributed by atoms with Crippen LogP contribution in [0.5, 0.6) is 5.75 Å². The van der Waals surface area contributed by atoms with Crippen LogP contribution in [0, 0.1) is 6.92 Å². The van der Waals surface area contributed by atoms with E-state index in [1.54, 1.807) is 12.1 Å². The number of amides is 2. The quantitative estimate of drug-likeness (QED) is 0.784. The largest absolute Gasteiger partial charge is 0.495 e. The molecule has 0 aromatic heterocycles. The highest BCUT2D eigenvalue weighted by Gasteiger charge is 2.12. The molecule has 0 aliphatic rings. The Kier molecular flexibility index (Phi) is 5.50. The number of carbonyl (C=O) groups excluding carboxylic acids is 1. The molecule has 0 heterocycles.